The topological polar surface area (TPSA) is 89.8 Å². The van der Waals surface area contributed by atoms with Gasteiger partial charge in [-0.15, -0.1) is 10.2 Å². The molecule has 7 heteroatoms. The van der Waals surface area contributed by atoms with E-state index in [1.165, 1.54) is 0 Å². The van der Waals surface area contributed by atoms with Gasteiger partial charge in [-0.1, -0.05) is 18.2 Å². The number of nitrogens with zero attached hydrogens (tertiary/aromatic N) is 5. The first-order chi connectivity index (χ1) is 12.8. The van der Waals surface area contributed by atoms with Gasteiger partial charge in [0.25, 0.3) is 0 Å². The number of ether oxygens (including phenoxy) is 1. The van der Waals surface area contributed by atoms with Crippen LogP contribution in [0.3, 0.4) is 0 Å². The maximum Gasteiger partial charge on any atom is 0.245 e. The number of benzene rings is 1. The summed E-state index contributed by atoms with van der Waals surface area (Å²) < 4.78 is 13.6. The second-order valence-corrected chi connectivity index (χ2v) is 6.11. The van der Waals surface area contributed by atoms with Crippen molar-refractivity contribution in [1.82, 2.24) is 19.7 Å². The van der Waals surface area contributed by atoms with E-state index in [0.717, 1.165) is 18.5 Å². The molecule has 0 N–H and O–H groups in total. The van der Waals surface area contributed by atoms with Crippen molar-refractivity contribution < 1.29 is 9.15 Å². The molecule has 7 nitrogen and oxygen atoms in total. The van der Waals surface area contributed by atoms with Crippen molar-refractivity contribution in [1.29, 1.82) is 5.26 Å². The molecule has 0 radical (unpaired) electrons. The number of imidazole rings is 1. The quantitative estimate of drug-likeness (QED) is 0.704. The Morgan fingerprint density at radius 3 is 3.04 bits per heavy atom. The molecule has 2 atom stereocenters. The summed E-state index contributed by atoms with van der Waals surface area (Å²) in [5.74, 6) is 1.14. The van der Waals surface area contributed by atoms with Crippen molar-refractivity contribution in [3.8, 4) is 6.07 Å². The van der Waals surface area contributed by atoms with Crippen LogP contribution in [0.15, 0.2) is 47.4 Å². The highest BCUT2D eigenvalue weighted by Gasteiger charge is 2.34. The molecule has 0 saturated carbocycles. The summed E-state index contributed by atoms with van der Waals surface area (Å²) in [4.78, 5) is 4.07. The van der Waals surface area contributed by atoms with E-state index < -0.39 is 0 Å². The van der Waals surface area contributed by atoms with Gasteiger partial charge in [0.1, 0.15) is 6.10 Å². The van der Waals surface area contributed by atoms with Gasteiger partial charge in [0.15, 0.2) is 0 Å². The van der Waals surface area contributed by atoms with Crippen LogP contribution in [0.5, 0.6) is 0 Å². The highest BCUT2D eigenvalue weighted by Crippen LogP contribution is 2.35. The Balaban J connectivity index is 1.49. The van der Waals surface area contributed by atoms with Gasteiger partial charge in [-0.05, 0) is 24.1 Å². The van der Waals surface area contributed by atoms with Crippen LogP contribution in [0.4, 0.5) is 0 Å². The molecule has 1 aromatic carbocycles. The van der Waals surface area contributed by atoms with E-state index in [2.05, 4.69) is 21.3 Å². The number of aromatic nitrogens is 4. The van der Waals surface area contributed by atoms with E-state index >= 15 is 0 Å². The molecule has 1 aliphatic heterocycles. The van der Waals surface area contributed by atoms with Crippen LogP contribution in [0, 0.1) is 17.2 Å². The monoisotopic (exact) mass is 347 g/mol. The van der Waals surface area contributed by atoms with Crippen LogP contribution in [0.2, 0.25) is 0 Å². The second kappa shape index (κ2) is 7.33. The Bertz CT molecular complexity index is 939. The molecule has 1 aliphatic rings. The van der Waals surface area contributed by atoms with Gasteiger partial charge in [0.05, 0.1) is 18.0 Å². The lowest BCUT2D eigenvalue weighted by Crippen LogP contribution is -2.14. The SMILES string of the molecule is N#Cc1ccccc1/C=C/c1nnc([C@H]2OCC[C@H]2Cn2ccnc2)o1. The molecule has 0 aliphatic carbocycles. The molecule has 4 rings (SSSR count). The summed E-state index contributed by atoms with van der Waals surface area (Å²) >= 11 is 0. The zero-order chi connectivity index (χ0) is 17.8. The summed E-state index contributed by atoms with van der Waals surface area (Å²) in [5.41, 5.74) is 1.41. The lowest BCUT2D eigenvalue weighted by molar-refractivity contribution is 0.0635. The summed E-state index contributed by atoms with van der Waals surface area (Å²) in [7, 11) is 0. The molecule has 3 heterocycles. The van der Waals surface area contributed by atoms with E-state index in [0.29, 0.717) is 24.0 Å². The highest BCUT2D eigenvalue weighted by atomic mass is 16.5. The Kier molecular flexibility index (Phi) is 4.58. The largest absolute Gasteiger partial charge is 0.418 e. The van der Waals surface area contributed by atoms with E-state index in [9.17, 15) is 0 Å². The number of hydrogen-bond acceptors (Lipinski definition) is 6. The minimum atomic E-state index is -0.210. The van der Waals surface area contributed by atoms with Crippen molar-refractivity contribution in [2.75, 3.05) is 6.61 Å². The first-order valence-corrected chi connectivity index (χ1v) is 8.41. The average molecular weight is 347 g/mol. The molecule has 0 amide bonds. The van der Waals surface area contributed by atoms with Gasteiger partial charge < -0.3 is 13.7 Å². The second-order valence-electron chi connectivity index (χ2n) is 6.11. The van der Waals surface area contributed by atoms with Gasteiger partial charge in [0, 0.05) is 37.5 Å². The first kappa shape index (κ1) is 16.2. The fourth-order valence-electron chi connectivity index (χ4n) is 3.09. The van der Waals surface area contributed by atoms with Gasteiger partial charge in [0.2, 0.25) is 11.8 Å². The van der Waals surface area contributed by atoms with Gasteiger partial charge >= 0.3 is 0 Å². The zero-order valence-corrected chi connectivity index (χ0v) is 14.0. The minimum absolute atomic E-state index is 0.210. The van der Waals surface area contributed by atoms with Crippen LogP contribution >= 0.6 is 0 Å². The van der Waals surface area contributed by atoms with Crippen molar-refractivity contribution in [3.05, 3.63) is 65.9 Å². The highest BCUT2D eigenvalue weighted by molar-refractivity contribution is 5.69. The molecule has 0 bridgehead atoms. The van der Waals surface area contributed by atoms with Crippen molar-refractivity contribution in [3.63, 3.8) is 0 Å². The molecule has 2 aromatic heterocycles. The molecule has 3 aromatic rings. The van der Waals surface area contributed by atoms with Crippen molar-refractivity contribution >= 4 is 12.2 Å². The molecular formula is C19H17N5O2. The normalized spacial score (nSPS) is 19.8. The smallest absolute Gasteiger partial charge is 0.245 e. The molecule has 1 saturated heterocycles. The lowest BCUT2D eigenvalue weighted by atomic mass is 10.0. The van der Waals surface area contributed by atoms with Gasteiger partial charge in [-0.2, -0.15) is 5.26 Å². The Morgan fingerprint density at radius 1 is 1.27 bits per heavy atom. The van der Waals surface area contributed by atoms with Crippen molar-refractivity contribution in [2.24, 2.45) is 5.92 Å². The number of rotatable bonds is 5. The average Bonchev–Trinajstić information content (AvgIpc) is 3.42. The first-order valence-electron chi connectivity index (χ1n) is 8.41. The van der Waals surface area contributed by atoms with Crippen LogP contribution in [0.1, 0.15) is 35.4 Å². The standard InChI is InChI=1S/C19H17N5O2/c20-11-15-4-2-1-3-14(15)5-6-17-22-23-19(26-17)18-16(7-10-25-18)12-24-9-8-21-13-24/h1-6,8-9,13,16,18H,7,10,12H2/b6-5+/t16-,18-/m0/s1. The summed E-state index contributed by atoms with van der Waals surface area (Å²) in [5, 5.41) is 17.4. The third-order valence-electron chi connectivity index (χ3n) is 4.41. The number of hydrogen-bond donors (Lipinski definition) is 0. The fourth-order valence-corrected chi connectivity index (χ4v) is 3.09. The molecule has 0 spiro atoms. The summed E-state index contributed by atoms with van der Waals surface area (Å²) in [6.45, 7) is 1.47. The third kappa shape index (κ3) is 3.41. The Morgan fingerprint density at radius 2 is 2.19 bits per heavy atom. The zero-order valence-electron chi connectivity index (χ0n) is 14.0. The molecule has 130 valence electrons. The predicted molar refractivity (Wildman–Crippen MR) is 93.4 cm³/mol. The number of nitriles is 1. The summed E-state index contributed by atoms with van der Waals surface area (Å²) in [6, 6.07) is 9.52. The van der Waals surface area contributed by atoms with Crippen LogP contribution < -0.4 is 0 Å². The van der Waals surface area contributed by atoms with Crippen LogP contribution in [-0.2, 0) is 11.3 Å². The molecule has 1 fully saturated rings. The van der Waals surface area contributed by atoms with Crippen LogP contribution in [0.25, 0.3) is 12.2 Å². The lowest BCUT2D eigenvalue weighted by Gasteiger charge is -2.15. The molecular weight excluding hydrogens is 330 g/mol. The van der Waals surface area contributed by atoms with Crippen LogP contribution in [-0.4, -0.2) is 26.4 Å². The van der Waals surface area contributed by atoms with Gasteiger partial charge in [-0.3, -0.25) is 0 Å². The van der Waals surface area contributed by atoms with Crippen molar-refractivity contribution in [2.45, 2.75) is 19.1 Å². The van der Waals surface area contributed by atoms with E-state index in [-0.39, 0.29) is 12.0 Å². The maximum absolute atomic E-state index is 9.14. The molecule has 26 heavy (non-hydrogen) atoms. The Labute approximate surface area is 150 Å². The minimum Gasteiger partial charge on any atom is -0.418 e. The van der Waals surface area contributed by atoms with E-state index in [1.807, 2.05) is 29.0 Å². The van der Waals surface area contributed by atoms with E-state index in [4.69, 9.17) is 14.4 Å². The third-order valence-corrected chi connectivity index (χ3v) is 4.41. The summed E-state index contributed by atoms with van der Waals surface area (Å²) in [6.07, 6.45) is 9.73. The molecule has 0 unspecified atom stereocenters. The van der Waals surface area contributed by atoms with Gasteiger partial charge in [-0.25, -0.2) is 4.98 Å². The fraction of sp³-hybridized carbons (Fsp3) is 0.263. The van der Waals surface area contributed by atoms with E-state index in [1.54, 1.807) is 30.7 Å². The Hall–Kier alpha value is -3.24. The predicted octanol–water partition coefficient (Wildman–Crippen LogP) is 3.09. The maximum atomic E-state index is 9.14.